The molecule has 3 aromatic rings. The maximum absolute atomic E-state index is 5.53. The lowest BCUT2D eigenvalue weighted by atomic mass is 10.0. The normalized spacial score (nSPS) is 12.3. The van der Waals surface area contributed by atoms with E-state index in [9.17, 15) is 0 Å². The highest BCUT2D eigenvalue weighted by molar-refractivity contribution is 7.07. The summed E-state index contributed by atoms with van der Waals surface area (Å²) in [7, 11) is 3.71. The maximum atomic E-state index is 5.53. The summed E-state index contributed by atoms with van der Waals surface area (Å²) in [6.45, 7) is 0.791. The van der Waals surface area contributed by atoms with Crippen LogP contribution in [0.2, 0.25) is 0 Å². The lowest BCUT2D eigenvalue weighted by molar-refractivity contribution is 0.401. The standard InChI is InChI=1S/C17H19N3OS/c1-20-9-8-18-17(20)16(19-11-13-7-10-22-12-13)14-5-3-4-6-15(14)21-2/h3-10,12,16,19H,11H2,1-2H3. The van der Waals surface area contributed by atoms with E-state index in [2.05, 4.69) is 33.2 Å². The van der Waals surface area contributed by atoms with Crippen molar-refractivity contribution in [2.75, 3.05) is 7.11 Å². The van der Waals surface area contributed by atoms with E-state index < -0.39 is 0 Å². The van der Waals surface area contributed by atoms with Gasteiger partial charge in [0, 0.05) is 31.5 Å². The van der Waals surface area contributed by atoms with E-state index in [1.165, 1.54) is 5.56 Å². The highest BCUT2D eigenvalue weighted by Crippen LogP contribution is 2.29. The van der Waals surface area contributed by atoms with E-state index in [1.54, 1.807) is 18.4 Å². The summed E-state index contributed by atoms with van der Waals surface area (Å²) in [5.41, 5.74) is 2.37. The molecule has 22 heavy (non-hydrogen) atoms. The van der Waals surface area contributed by atoms with Gasteiger partial charge in [0.25, 0.3) is 0 Å². The van der Waals surface area contributed by atoms with Gasteiger partial charge in [-0.05, 0) is 28.5 Å². The number of para-hydroxylation sites is 1. The molecular formula is C17H19N3OS. The monoisotopic (exact) mass is 313 g/mol. The second kappa shape index (κ2) is 6.77. The van der Waals surface area contributed by atoms with Gasteiger partial charge in [-0.2, -0.15) is 11.3 Å². The SMILES string of the molecule is COc1ccccc1C(NCc1ccsc1)c1nccn1C. The minimum Gasteiger partial charge on any atom is -0.496 e. The first-order chi connectivity index (χ1) is 10.8. The third-order valence-corrected chi connectivity index (χ3v) is 4.39. The minimum absolute atomic E-state index is 0.0175. The molecule has 0 aliphatic rings. The van der Waals surface area contributed by atoms with Gasteiger partial charge in [-0.1, -0.05) is 18.2 Å². The molecule has 114 valence electrons. The Balaban J connectivity index is 1.94. The van der Waals surface area contributed by atoms with Crippen LogP contribution >= 0.6 is 11.3 Å². The molecule has 0 aliphatic heterocycles. The topological polar surface area (TPSA) is 39.1 Å². The lowest BCUT2D eigenvalue weighted by Crippen LogP contribution is -2.25. The number of hydrogen-bond acceptors (Lipinski definition) is 4. The molecule has 1 N–H and O–H groups in total. The molecule has 1 aromatic carbocycles. The Hall–Kier alpha value is -2.11. The van der Waals surface area contributed by atoms with Gasteiger partial charge >= 0.3 is 0 Å². The van der Waals surface area contributed by atoms with Crippen LogP contribution in [0, 0.1) is 0 Å². The molecule has 0 saturated carbocycles. The zero-order valence-electron chi connectivity index (χ0n) is 12.7. The molecule has 0 aliphatic carbocycles. The Morgan fingerprint density at radius 2 is 2.18 bits per heavy atom. The summed E-state index contributed by atoms with van der Waals surface area (Å²) in [4.78, 5) is 4.52. The van der Waals surface area contributed by atoms with Gasteiger partial charge in [0.1, 0.15) is 11.6 Å². The second-order valence-corrected chi connectivity index (χ2v) is 5.86. The number of aromatic nitrogens is 2. The van der Waals surface area contributed by atoms with E-state index in [0.717, 1.165) is 23.7 Å². The number of rotatable bonds is 6. The third-order valence-electron chi connectivity index (χ3n) is 3.66. The van der Waals surface area contributed by atoms with Crippen LogP contribution in [-0.2, 0) is 13.6 Å². The van der Waals surface area contributed by atoms with Gasteiger partial charge in [-0.15, -0.1) is 0 Å². The first-order valence-corrected chi connectivity index (χ1v) is 8.08. The van der Waals surface area contributed by atoms with Crippen LogP contribution in [0.15, 0.2) is 53.5 Å². The average molecular weight is 313 g/mol. The number of methoxy groups -OCH3 is 1. The number of thiophene rings is 1. The van der Waals surface area contributed by atoms with E-state index in [0.29, 0.717) is 0 Å². The van der Waals surface area contributed by atoms with Gasteiger partial charge in [0.15, 0.2) is 0 Å². The predicted octanol–water partition coefficient (Wildman–Crippen LogP) is 3.37. The molecule has 1 unspecified atom stereocenters. The van der Waals surface area contributed by atoms with Gasteiger partial charge in [-0.3, -0.25) is 5.32 Å². The second-order valence-electron chi connectivity index (χ2n) is 5.08. The van der Waals surface area contributed by atoms with E-state index in [1.807, 2.05) is 42.2 Å². The summed E-state index contributed by atoms with van der Waals surface area (Å²) in [6.07, 6.45) is 3.79. The highest BCUT2D eigenvalue weighted by Gasteiger charge is 2.21. The van der Waals surface area contributed by atoms with Crippen LogP contribution in [-0.4, -0.2) is 16.7 Å². The van der Waals surface area contributed by atoms with Crippen molar-refractivity contribution in [2.45, 2.75) is 12.6 Å². The minimum atomic E-state index is -0.0175. The van der Waals surface area contributed by atoms with Crippen molar-refractivity contribution in [1.29, 1.82) is 0 Å². The smallest absolute Gasteiger partial charge is 0.130 e. The fourth-order valence-corrected chi connectivity index (χ4v) is 3.18. The van der Waals surface area contributed by atoms with Crippen LogP contribution in [0.1, 0.15) is 23.0 Å². The number of aryl methyl sites for hydroxylation is 1. The third kappa shape index (κ3) is 3.05. The first kappa shape index (κ1) is 14.8. The molecule has 2 aromatic heterocycles. The zero-order valence-corrected chi connectivity index (χ0v) is 13.5. The molecule has 0 amide bonds. The Morgan fingerprint density at radius 3 is 2.86 bits per heavy atom. The molecular weight excluding hydrogens is 294 g/mol. The Morgan fingerprint density at radius 1 is 1.32 bits per heavy atom. The molecule has 0 bridgehead atoms. The Bertz CT molecular complexity index is 721. The van der Waals surface area contributed by atoms with Crippen LogP contribution in [0.5, 0.6) is 5.75 Å². The number of imidazole rings is 1. The van der Waals surface area contributed by atoms with Crippen LogP contribution in [0.25, 0.3) is 0 Å². The molecule has 0 saturated heterocycles. The van der Waals surface area contributed by atoms with Crippen molar-refractivity contribution in [3.63, 3.8) is 0 Å². The van der Waals surface area contributed by atoms with Crippen LogP contribution in [0.4, 0.5) is 0 Å². The van der Waals surface area contributed by atoms with E-state index in [-0.39, 0.29) is 6.04 Å². The summed E-state index contributed by atoms with van der Waals surface area (Å²) >= 11 is 1.71. The quantitative estimate of drug-likeness (QED) is 0.758. The predicted molar refractivity (Wildman–Crippen MR) is 89.2 cm³/mol. The molecule has 5 heteroatoms. The molecule has 3 rings (SSSR count). The first-order valence-electron chi connectivity index (χ1n) is 7.14. The molecule has 2 heterocycles. The van der Waals surface area contributed by atoms with Crippen molar-refractivity contribution < 1.29 is 4.74 Å². The van der Waals surface area contributed by atoms with Crippen LogP contribution in [0.3, 0.4) is 0 Å². The highest BCUT2D eigenvalue weighted by atomic mass is 32.1. The van der Waals surface area contributed by atoms with Crippen molar-refractivity contribution in [3.8, 4) is 5.75 Å². The van der Waals surface area contributed by atoms with Crippen molar-refractivity contribution in [1.82, 2.24) is 14.9 Å². The number of nitrogens with zero attached hydrogens (tertiary/aromatic N) is 2. The van der Waals surface area contributed by atoms with Gasteiger partial charge in [0.2, 0.25) is 0 Å². The summed E-state index contributed by atoms with van der Waals surface area (Å²) in [5, 5.41) is 7.85. The van der Waals surface area contributed by atoms with Gasteiger partial charge in [0.05, 0.1) is 13.2 Å². The Kier molecular flexibility index (Phi) is 4.56. The molecule has 0 spiro atoms. The zero-order chi connectivity index (χ0) is 15.4. The van der Waals surface area contributed by atoms with Crippen molar-refractivity contribution >= 4 is 11.3 Å². The molecule has 1 atom stereocenters. The van der Waals surface area contributed by atoms with Crippen LogP contribution < -0.4 is 10.1 Å². The van der Waals surface area contributed by atoms with Crippen molar-refractivity contribution in [2.24, 2.45) is 7.05 Å². The fraction of sp³-hybridized carbons (Fsp3) is 0.235. The maximum Gasteiger partial charge on any atom is 0.130 e. The van der Waals surface area contributed by atoms with E-state index in [4.69, 9.17) is 4.74 Å². The van der Waals surface area contributed by atoms with Crippen molar-refractivity contribution in [3.05, 3.63) is 70.4 Å². The number of benzene rings is 1. The largest absolute Gasteiger partial charge is 0.496 e. The summed E-state index contributed by atoms with van der Waals surface area (Å²) in [5.74, 6) is 1.84. The van der Waals surface area contributed by atoms with Gasteiger partial charge < -0.3 is 9.30 Å². The lowest BCUT2D eigenvalue weighted by Gasteiger charge is -2.21. The molecule has 0 radical (unpaired) electrons. The average Bonchev–Trinajstić information content (AvgIpc) is 3.20. The number of ether oxygens (including phenoxy) is 1. The summed E-state index contributed by atoms with van der Waals surface area (Å²) in [6, 6.07) is 10.2. The molecule has 4 nitrogen and oxygen atoms in total. The molecule has 0 fully saturated rings. The number of hydrogen-bond donors (Lipinski definition) is 1. The summed E-state index contributed by atoms with van der Waals surface area (Å²) < 4.78 is 7.57. The number of nitrogens with one attached hydrogen (secondary N) is 1. The van der Waals surface area contributed by atoms with Gasteiger partial charge in [-0.25, -0.2) is 4.98 Å². The Labute approximate surface area is 134 Å². The fourth-order valence-electron chi connectivity index (χ4n) is 2.51. The van der Waals surface area contributed by atoms with E-state index >= 15 is 0 Å².